The minimum Gasteiger partial charge on any atom is -0.351 e. The van der Waals surface area contributed by atoms with Crippen molar-refractivity contribution in [2.24, 2.45) is 5.73 Å². The first-order valence-electron chi connectivity index (χ1n) is 11.3. The van der Waals surface area contributed by atoms with E-state index in [1.165, 1.54) is 17.5 Å². The highest BCUT2D eigenvalue weighted by atomic mass is 35.5. The summed E-state index contributed by atoms with van der Waals surface area (Å²) < 4.78 is 0. The molecule has 1 aliphatic rings. The van der Waals surface area contributed by atoms with Crippen LogP contribution in [0.15, 0.2) is 54.6 Å². The molecule has 1 aliphatic carbocycles. The second kappa shape index (κ2) is 13.2. The minimum atomic E-state index is -0.433. The van der Waals surface area contributed by atoms with E-state index in [0.717, 1.165) is 31.4 Å². The lowest BCUT2D eigenvalue weighted by molar-refractivity contribution is -0.122. The van der Waals surface area contributed by atoms with Crippen molar-refractivity contribution < 1.29 is 4.79 Å². The summed E-state index contributed by atoms with van der Waals surface area (Å²) in [6, 6.07) is 19.3. The Balaban J connectivity index is 0.00000256. The Morgan fingerprint density at radius 3 is 2.31 bits per heavy atom. The van der Waals surface area contributed by atoms with Crippen LogP contribution in [0.5, 0.6) is 0 Å². The number of hydrogen-bond acceptors (Lipinski definition) is 3. The third-order valence-electron chi connectivity index (χ3n) is 5.99. The quantitative estimate of drug-likeness (QED) is 0.415. The van der Waals surface area contributed by atoms with Crippen LogP contribution in [0.25, 0.3) is 0 Å². The van der Waals surface area contributed by atoms with Crippen LogP contribution in [0, 0.1) is 0 Å². The van der Waals surface area contributed by atoms with Gasteiger partial charge in [-0.1, -0.05) is 81.8 Å². The lowest BCUT2D eigenvalue weighted by Crippen LogP contribution is -2.40. The van der Waals surface area contributed by atoms with Crippen LogP contribution in [0.1, 0.15) is 69.1 Å². The highest BCUT2D eigenvalue weighted by Gasteiger charge is 2.37. The van der Waals surface area contributed by atoms with E-state index in [4.69, 9.17) is 5.73 Å². The van der Waals surface area contributed by atoms with Crippen LogP contribution in [0.2, 0.25) is 0 Å². The molecule has 1 saturated carbocycles. The summed E-state index contributed by atoms with van der Waals surface area (Å²) in [5.74, 6) is 0.603. The van der Waals surface area contributed by atoms with Gasteiger partial charge in [0.25, 0.3) is 0 Å². The monoisotopic (exact) mass is 479 g/mol. The number of carbonyl (C=O) groups excluding carboxylic acids is 1. The molecule has 1 unspecified atom stereocenters. The molecule has 0 aliphatic heterocycles. The van der Waals surface area contributed by atoms with Gasteiger partial charge in [0.2, 0.25) is 5.91 Å². The fourth-order valence-corrected chi connectivity index (χ4v) is 3.84. The highest BCUT2D eigenvalue weighted by molar-refractivity contribution is 5.85. The topological polar surface area (TPSA) is 67.2 Å². The van der Waals surface area contributed by atoms with E-state index >= 15 is 0 Å². The zero-order valence-corrected chi connectivity index (χ0v) is 21.1. The second-order valence-corrected chi connectivity index (χ2v) is 9.58. The second-order valence-electron chi connectivity index (χ2n) is 9.58. The van der Waals surface area contributed by atoms with Crippen molar-refractivity contribution in [3.63, 3.8) is 0 Å². The SMILES string of the molecule is CC(C)(C)c1ccc(CNC(=O)C(N)CCCCN[C@@H]2C[C@H]2c2ccccc2)cc1.Cl.Cl. The molecule has 0 saturated heterocycles. The molecule has 6 heteroatoms. The number of halogens is 2. The molecule has 2 aromatic rings. The van der Waals surface area contributed by atoms with Gasteiger partial charge in [-0.3, -0.25) is 4.79 Å². The Hall–Kier alpha value is -1.59. The Morgan fingerprint density at radius 1 is 1.03 bits per heavy atom. The summed E-state index contributed by atoms with van der Waals surface area (Å²) in [6.45, 7) is 8.11. The van der Waals surface area contributed by atoms with Crippen LogP contribution in [-0.4, -0.2) is 24.5 Å². The maximum absolute atomic E-state index is 12.3. The van der Waals surface area contributed by atoms with E-state index in [2.05, 4.69) is 86.0 Å². The standard InChI is InChI=1S/C26H37N3O.2ClH/c1-26(2,3)21-14-12-19(13-15-21)18-29-25(30)23(27)11-7-8-16-28-24-17-22(24)20-9-5-4-6-10-20;;/h4-6,9-10,12-15,22-24,28H,7-8,11,16-18,27H2,1-3H3,(H,29,30);2*1H/t22-,23?,24+;;/m0../s1. The van der Waals surface area contributed by atoms with Gasteiger partial charge >= 0.3 is 0 Å². The Morgan fingerprint density at radius 2 is 1.69 bits per heavy atom. The average Bonchev–Trinajstić information content (AvgIpc) is 3.51. The van der Waals surface area contributed by atoms with Crippen molar-refractivity contribution in [3.8, 4) is 0 Å². The smallest absolute Gasteiger partial charge is 0.237 e. The van der Waals surface area contributed by atoms with Crippen LogP contribution in [-0.2, 0) is 16.8 Å². The number of amides is 1. The van der Waals surface area contributed by atoms with E-state index < -0.39 is 6.04 Å². The van der Waals surface area contributed by atoms with Gasteiger partial charge in [0.1, 0.15) is 0 Å². The van der Waals surface area contributed by atoms with Crippen LogP contribution >= 0.6 is 24.8 Å². The maximum atomic E-state index is 12.3. The number of rotatable bonds is 10. The largest absolute Gasteiger partial charge is 0.351 e. The van der Waals surface area contributed by atoms with E-state index in [0.29, 0.717) is 18.5 Å². The van der Waals surface area contributed by atoms with Crippen molar-refractivity contribution in [2.75, 3.05) is 6.54 Å². The molecular weight excluding hydrogens is 441 g/mol. The zero-order valence-electron chi connectivity index (χ0n) is 19.5. The van der Waals surface area contributed by atoms with Crippen LogP contribution in [0.3, 0.4) is 0 Å². The molecule has 178 valence electrons. The van der Waals surface area contributed by atoms with Crippen molar-refractivity contribution in [1.29, 1.82) is 0 Å². The first kappa shape index (κ1) is 28.4. The Bertz CT molecular complexity index is 806. The molecule has 32 heavy (non-hydrogen) atoms. The molecule has 0 radical (unpaired) electrons. The molecule has 2 aromatic carbocycles. The molecule has 3 atom stereocenters. The third kappa shape index (κ3) is 8.74. The van der Waals surface area contributed by atoms with Crippen LogP contribution in [0.4, 0.5) is 0 Å². The van der Waals surface area contributed by atoms with E-state index in [1.807, 2.05) is 0 Å². The lowest BCUT2D eigenvalue weighted by Gasteiger charge is -2.19. The van der Waals surface area contributed by atoms with Crippen molar-refractivity contribution in [3.05, 3.63) is 71.3 Å². The molecule has 3 rings (SSSR count). The number of nitrogens with one attached hydrogen (secondary N) is 2. The molecule has 4 nitrogen and oxygen atoms in total. The van der Waals surface area contributed by atoms with Gasteiger partial charge in [0.15, 0.2) is 0 Å². The van der Waals surface area contributed by atoms with Gasteiger partial charge in [0.05, 0.1) is 6.04 Å². The zero-order chi connectivity index (χ0) is 21.6. The van der Waals surface area contributed by atoms with Crippen molar-refractivity contribution in [2.45, 2.75) is 76.4 Å². The summed E-state index contributed by atoms with van der Waals surface area (Å²) in [6.07, 6.45) is 3.96. The molecule has 0 aromatic heterocycles. The number of benzene rings is 2. The summed E-state index contributed by atoms with van der Waals surface area (Å²) >= 11 is 0. The first-order chi connectivity index (χ1) is 14.3. The molecular formula is C26H39Cl2N3O. The van der Waals surface area contributed by atoms with E-state index in [1.54, 1.807) is 0 Å². The van der Waals surface area contributed by atoms with Crippen molar-refractivity contribution in [1.82, 2.24) is 10.6 Å². The van der Waals surface area contributed by atoms with Gasteiger partial charge < -0.3 is 16.4 Å². The van der Waals surface area contributed by atoms with Crippen molar-refractivity contribution >= 4 is 30.7 Å². The molecule has 1 fully saturated rings. The molecule has 1 amide bonds. The summed E-state index contributed by atoms with van der Waals surface area (Å²) in [5.41, 5.74) is 10.1. The molecule has 0 bridgehead atoms. The molecule has 4 N–H and O–H groups in total. The fourth-order valence-electron chi connectivity index (χ4n) is 3.84. The normalized spacial score (nSPS) is 18.1. The maximum Gasteiger partial charge on any atom is 0.237 e. The third-order valence-corrected chi connectivity index (χ3v) is 5.99. The van der Waals surface area contributed by atoms with Gasteiger partial charge in [0, 0.05) is 18.5 Å². The van der Waals surface area contributed by atoms with Gasteiger partial charge in [-0.15, -0.1) is 24.8 Å². The summed E-state index contributed by atoms with van der Waals surface area (Å²) in [7, 11) is 0. The summed E-state index contributed by atoms with van der Waals surface area (Å²) in [5, 5.41) is 6.60. The molecule has 0 spiro atoms. The van der Waals surface area contributed by atoms with Crippen LogP contribution < -0.4 is 16.4 Å². The summed E-state index contributed by atoms with van der Waals surface area (Å²) in [4.78, 5) is 12.3. The minimum absolute atomic E-state index is 0. The lowest BCUT2D eigenvalue weighted by atomic mass is 9.87. The number of unbranched alkanes of at least 4 members (excludes halogenated alkanes) is 1. The Labute approximate surface area is 205 Å². The number of carbonyl (C=O) groups is 1. The van der Waals surface area contributed by atoms with Gasteiger partial charge in [-0.05, 0) is 47.9 Å². The highest BCUT2D eigenvalue weighted by Crippen LogP contribution is 2.40. The van der Waals surface area contributed by atoms with Gasteiger partial charge in [-0.25, -0.2) is 0 Å². The predicted molar refractivity (Wildman–Crippen MR) is 139 cm³/mol. The van der Waals surface area contributed by atoms with E-state index in [-0.39, 0.29) is 36.1 Å². The fraction of sp³-hybridized carbons (Fsp3) is 0.500. The average molecular weight is 481 g/mol. The first-order valence-corrected chi connectivity index (χ1v) is 11.3. The van der Waals surface area contributed by atoms with E-state index in [9.17, 15) is 4.79 Å². The predicted octanol–water partition coefficient (Wildman–Crippen LogP) is 5.09. The van der Waals surface area contributed by atoms with Gasteiger partial charge in [-0.2, -0.15) is 0 Å². The number of hydrogen-bond donors (Lipinski definition) is 3. The Kier molecular flexibility index (Phi) is 11.7. The molecule has 0 heterocycles. The number of nitrogens with two attached hydrogens (primary N) is 1.